The van der Waals surface area contributed by atoms with E-state index in [0.29, 0.717) is 5.69 Å². The molecule has 6 saturated heterocycles. The Morgan fingerprint density at radius 2 is 0.642 bits per heavy atom. The molecule has 15 atom stereocenters. The highest BCUT2D eigenvalue weighted by atomic mass is 32.2. The minimum absolute atomic E-state index is 0.0213. The molecule has 0 saturated carbocycles. The Balaban J connectivity index is 0.000000189. The van der Waals surface area contributed by atoms with Crippen molar-refractivity contribution in [3.63, 3.8) is 0 Å². The van der Waals surface area contributed by atoms with Crippen LogP contribution in [-0.2, 0) is 106 Å². The second-order valence-corrected chi connectivity index (χ2v) is 38.9. The molecule has 0 bridgehead atoms. The van der Waals surface area contributed by atoms with E-state index < -0.39 is 177 Å². The SMILES string of the molecule is CC(C)CN(C[C@@H](O)[C@@H](CC(=O)O[C@H]1CO[C@@H]2OC(F)(F)C[C@@H]21)Cc1ccccc1)S(=O)(=O)c1ccc(N)cc1.Cc1ccc(S(=O)(=O)N(CC(C)C)C[C@@H](O)[C@@H](CC(=O)O[C@@H]2CO[C@@H]3OC(F)(F)C[C@@H]32)Cc2ccccc2)cc1.Cc1ccc(S(=O)(=O)N(CC(C)C)C[C@@H](O)[C@@H](CC(=O)O[C@H]2CO[C@@H]3OC(F)(F)C[C@@H]32)Cc2ccccc2)cc1. The lowest BCUT2D eigenvalue weighted by molar-refractivity contribution is -0.271. The number of halogens is 6. The van der Waals surface area contributed by atoms with Crippen molar-refractivity contribution in [2.45, 2.75) is 202 Å². The van der Waals surface area contributed by atoms with Crippen molar-refractivity contribution in [1.29, 1.82) is 0 Å². The van der Waals surface area contributed by atoms with Crippen LogP contribution in [0.5, 0.6) is 0 Å². The smallest absolute Gasteiger partial charge is 0.358 e. The number of ether oxygens (including phenoxy) is 9. The first-order valence-corrected chi connectivity index (χ1v) is 44.6. The fourth-order valence-corrected chi connectivity index (χ4v) is 20.3. The van der Waals surface area contributed by atoms with Gasteiger partial charge in [0.15, 0.2) is 18.9 Å². The van der Waals surface area contributed by atoms with Gasteiger partial charge in [-0.1, -0.05) is 168 Å². The predicted molar refractivity (Wildman–Crippen MR) is 428 cm³/mol. The first kappa shape index (κ1) is 94.7. The van der Waals surface area contributed by atoms with Crippen molar-refractivity contribution in [2.24, 2.45) is 53.3 Å². The van der Waals surface area contributed by atoms with Crippen LogP contribution in [-0.4, -0.2) is 204 Å². The highest BCUT2D eigenvalue weighted by molar-refractivity contribution is 7.89. The molecule has 6 aliphatic heterocycles. The number of benzene rings is 6. The van der Waals surface area contributed by atoms with Crippen LogP contribution >= 0.6 is 0 Å². The molecule has 0 radical (unpaired) electrons. The van der Waals surface area contributed by atoms with Crippen LogP contribution in [0, 0.1) is 67.1 Å². The number of esters is 3. The second-order valence-electron chi connectivity index (χ2n) is 33.1. The van der Waals surface area contributed by atoms with Crippen molar-refractivity contribution in [2.75, 3.05) is 64.8 Å². The van der Waals surface area contributed by atoms with Crippen molar-refractivity contribution in [1.82, 2.24) is 12.9 Å². The Hall–Kier alpha value is -7.52. The number of nitrogens with zero attached hydrogens (tertiary/aromatic N) is 3. The molecule has 12 rings (SSSR count). The largest absolute Gasteiger partial charge is 0.459 e. The van der Waals surface area contributed by atoms with E-state index in [2.05, 4.69) is 14.2 Å². The zero-order valence-electron chi connectivity index (χ0n) is 68.3. The molecule has 0 aliphatic carbocycles. The van der Waals surface area contributed by atoms with Crippen LogP contribution in [0.4, 0.5) is 32.0 Å². The van der Waals surface area contributed by atoms with Gasteiger partial charge in [0.2, 0.25) is 30.1 Å². The van der Waals surface area contributed by atoms with Crippen molar-refractivity contribution >= 4 is 53.7 Å². The lowest BCUT2D eigenvalue weighted by Crippen LogP contribution is -2.43. The number of aryl methyl sites for hydroxylation is 2. The van der Waals surface area contributed by atoms with E-state index in [4.69, 9.17) is 34.2 Å². The molecule has 6 aliphatic rings. The van der Waals surface area contributed by atoms with Crippen molar-refractivity contribution in [3.8, 4) is 0 Å². The van der Waals surface area contributed by atoms with Crippen molar-refractivity contribution in [3.05, 3.63) is 192 Å². The highest BCUT2D eigenvalue weighted by Crippen LogP contribution is 2.47. The average molecular weight is 1750 g/mol. The number of hydrogen-bond acceptors (Lipinski definition) is 22. The molecule has 660 valence electrons. The van der Waals surface area contributed by atoms with Crippen LogP contribution in [0.2, 0.25) is 0 Å². The van der Waals surface area contributed by atoms with Gasteiger partial charge >= 0.3 is 36.2 Å². The lowest BCUT2D eigenvalue weighted by Gasteiger charge is -2.30. The maximum absolute atomic E-state index is 13.7. The van der Waals surface area contributed by atoms with Crippen LogP contribution < -0.4 is 5.73 Å². The summed E-state index contributed by atoms with van der Waals surface area (Å²) in [5.74, 6) is -6.60. The molecular formula is C86H110F6N4O21S3. The normalized spacial score (nSPS) is 23.7. The summed E-state index contributed by atoms with van der Waals surface area (Å²) in [5.41, 5.74) is 10.5. The molecule has 120 heavy (non-hydrogen) atoms. The van der Waals surface area contributed by atoms with E-state index >= 15 is 0 Å². The lowest BCUT2D eigenvalue weighted by atomic mass is 9.90. The number of nitrogen functional groups attached to an aromatic ring is 1. The van der Waals surface area contributed by atoms with Gasteiger partial charge in [0.25, 0.3) is 0 Å². The Bertz CT molecular complexity index is 4190. The van der Waals surface area contributed by atoms with Gasteiger partial charge < -0.3 is 49.5 Å². The van der Waals surface area contributed by atoms with Crippen LogP contribution in [0.15, 0.2) is 178 Å². The Morgan fingerprint density at radius 1 is 0.400 bits per heavy atom. The number of carbonyl (C=O) groups is 3. The molecule has 34 heteroatoms. The third-order valence-electron chi connectivity index (χ3n) is 21.5. The van der Waals surface area contributed by atoms with Gasteiger partial charge in [-0.15, -0.1) is 0 Å². The van der Waals surface area contributed by atoms with Crippen LogP contribution in [0.25, 0.3) is 0 Å². The summed E-state index contributed by atoms with van der Waals surface area (Å²) in [6.07, 6.45) is -21.5. The van der Waals surface area contributed by atoms with E-state index in [-0.39, 0.29) is 130 Å². The van der Waals surface area contributed by atoms with Gasteiger partial charge in [0.05, 0.1) is 109 Å². The zero-order chi connectivity index (χ0) is 87.2. The van der Waals surface area contributed by atoms with Gasteiger partial charge in [-0.25, -0.2) is 25.3 Å². The van der Waals surface area contributed by atoms with Gasteiger partial charge in [-0.2, -0.15) is 39.3 Å². The molecule has 6 fully saturated rings. The van der Waals surface area contributed by atoms with E-state index in [9.17, 15) is 81.3 Å². The van der Waals surface area contributed by atoms with Crippen molar-refractivity contribution < 1.29 is 124 Å². The number of rotatable bonds is 36. The second kappa shape index (κ2) is 41.3. The van der Waals surface area contributed by atoms with Gasteiger partial charge in [0, 0.05) is 62.7 Å². The number of anilines is 1. The van der Waals surface area contributed by atoms with E-state index in [1.54, 1.807) is 24.3 Å². The summed E-state index contributed by atoms with van der Waals surface area (Å²) in [7, 11) is -11.8. The average Bonchev–Trinajstić information content (AvgIpc) is 1.68. The maximum atomic E-state index is 13.7. The fraction of sp³-hybridized carbons (Fsp3) is 0.547. The summed E-state index contributed by atoms with van der Waals surface area (Å²) >= 11 is 0. The number of aliphatic hydroxyl groups excluding tert-OH is 3. The summed E-state index contributed by atoms with van der Waals surface area (Å²) in [5, 5.41) is 34.1. The standard InChI is InChI=1S/2C29H37F2NO7S.C28H36F2N2O7S/c2*1-19(2)16-32(40(35,36)23-11-9-20(3)10-12-23)17-25(33)22(13-21-7-5-4-6-8-21)14-27(34)38-26-18-37-28-24(26)15-29(30,31)39-28;1-18(2)15-32(40(35,36)22-10-8-21(31)9-11-22)16-24(33)20(12-19-6-4-3-5-7-19)13-26(34)38-25-17-37-27-23(25)14-28(29,30)39-27/h2*4-12,19,22,24-26,28,33H,13-18H2,1-3H3;3-11,18,20,23-25,27,33H,12-17,31H2,1-2H3/t22-,24-,25-,26+,28-;22-,24-,25-,26-,28-;20-,23-,24-,25+,27-/m111/s1. The first-order valence-electron chi connectivity index (χ1n) is 40.3. The quantitative estimate of drug-likeness (QED) is 0.0123. The van der Waals surface area contributed by atoms with Crippen LogP contribution in [0.3, 0.4) is 0 Å². The molecular weight excluding hydrogens is 1640 g/mol. The third kappa shape index (κ3) is 26.5. The van der Waals surface area contributed by atoms with E-state index in [1.165, 1.54) is 61.4 Å². The zero-order valence-corrected chi connectivity index (χ0v) is 70.8. The molecule has 0 unspecified atom stereocenters. The molecule has 25 nitrogen and oxygen atoms in total. The number of hydrogen-bond donors (Lipinski definition) is 4. The maximum Gasteiger partial charge on any atom is 0.358 e. The number of sulfonamides is 3. The Morgan fingerprint density at radius 3 is 0.883 bits per heavy atom. The number of carbonyl (C=O) groups excluding carboxylic acids is 3. The number of nitrogens with two attached hydrogens (primary N) is 1. The van der Waals surface area contributed by atoms with E-state index in [0.717, 1.165) is 27.8 Å². The molecule has 6 aromatic rings. The minimum atomic E-state index is -3.98. The molecule has 0 amide bonds. The summed E-state index contributed by atoms with van der Waals surface area (Å²) < 4.78 is 213. The molecule has 6 aromatic carbocycles. The molecule has 0 aromatic heterocycles. The summed E-state index contributed by atoms with van der Waals surface area (Å²) in [6, 6.07) is 46.4. The van der Waals surface area contributed by atoms with Crippen LogP contribution in [0.1, 0.15) is 108 Å². The van der Waals surface area contributed by atoms with E-state index in [1.807, 2.05) is 146 Å². The molecule has 5 N–H and O–H groups in total. The minimum Gasteiger partial charge on any atom is -0.459 e. The number of fused-ring (bicyclic) bond motifs is 3. The summed E-state index contributed by atoms with van der Waals surface area (Å²) in [6.45, 7) is 14.6. The topological polar surface area (TPSA) is 333 Å². The first-order chi connectivity index (χ1) is 56.5. The third-order valence-corrected chi connectivity index (χ3v) is 27.1. The number of alkyl halides is 6. The number of aliphatic hydroxyl groups is 3. The van der Waals surface area contributed by atoms with Gasteiger partial charge in [-0.05, 0) is 116 Å². The highest BCUT2D eigenvalue weighted by Gasteiger charge is 2.59. The monoisotopic (exact) mass is 1740 g/mol. The Labute approximate surface area is 698 Å². The van der Waals surface area contributed by atoms with Gasteiger partial charge in [-0.3, -0.25) is 28.6 Å². The van der Waals surface area contributed by atoms with Gasteiger partial charge in [0.1, 0.15) is 18.3 Å². The molecule has 0 spiro atoms. The molecule has 6 heterocycles. The summed E-state index contributed by atoms with van der Waals surface area (Å²) in [4.78, 5) is 39.3. The Kier molecular flexibility index (Phi) is 32.6. The fourth-order valence-electron chi connectivity index (χ4n) is 15.4. The predicted octanol–water partition coefficient (Wildman–Crippen LogP) is 11.7.